The molecule has 0 aliphatic carbocycles. The molecule has 0 radical (unpaired) electrons. The number of aromatic hydroxyl groups is 2. The van der Waals surface area contributed by atoms with Crippen molar-refractivity contribution in [1.29, 1.82) is 0 Å². The van der Waals surface area contributed by atoms with Crippen LogP contribution in [0.15, 0.2) is 30.6 Å². The van der Waals surface area contributed by atoms with Gasteiger partial charge >= 0.3 is 0 Å². The first kappa shape index (κ1) is 16.3. The van der Waals surface area contributed by atoms with Crippen LogP contribution in [-0.4, -0.2) is 20.0 Å². The van der Waals surface area contributed by atoms with Crippen LogP contribution in [0.1, 0.15) is 24.5 Å². The average Bonchev–Trinajstić information content (AvgIpc) is 2.80. The van der Waals surface area contributed by atoms with Gasteiger partial charge in [-0.1, -0.05) is 13.0 Å². The van der Waals surface area contributed by atoms with E-state index in [1.165, 1.54) is 6.07 Å². The third-order valence-electron chi connectivity index (χ3n) is 2.85. The molecule has 1 heterocycles. The van der Waals surface area contributed by atoms with Crippen molar-refractivity contribution in [2.24, 2.45) is 0 Å². The number of aryl methyl sites for hydroxylation is 1. The molecular formula is C14H20ClN3O2. The molecule has 0 amide bonds. The van der Waals surface area contributed by atoms with Crippen molar-refractivity contribution >= 4 is 12.4 Å². The molecule has 3 N–H and O–H groups in total. The molecule has 0 unspecified atom stereocenters. The van der Waals surface area contributed by atoms with E-state index in [-0.39, 0.29) is 23.9 Å². The minimum absolute atomic E-state index is 0. The minimum atomic E-state index is 0. The van der Waals surface area contributed by atoms with Gasteiger partial charge in [0.1, 0.15) is 11.5 Å². The van der Waals surface area contributed by atoms with Gasteiger partial charge in [-0.3, -0.25) is 4.68 Å². The normalized spacial score (nSPS) is 10.2. The van der Waals surface area contributed by atoms with Gasteiger partial charge in [-0.2, -0.15) is 5.10 Å². The van der Waals surface area contributed by atoms with Gasteiger partial charge in [0.15, 0.2) is 0 Å². The van der Waals surface area contributed by atoms with Crippen LogP contribution in [0.25, 0.3) is 0 Å². The van der Waals surface area contributed by atoms with Gasteiger partial charge in [0.2, 0.25) is 0 Å². The van der Waals surface area contributed by atoms with E-state index in [0.717, 1.165) is 24.1 Å². The van der Waals surface area contributed by atoms with E-state index in [9.17, 15) is 10.2 Å². The number of rotatable bonds is 6. The maximum absolute atomic E-state index is 9.65. The summed E-state index contributed by atoms with van der Waals surface area (Å²) >= 11 is 0. The molecule has 2 aromatic rings. The molecule has 0 saturated heterocycles. The smallest absolute Gasteiger partial charge is 0.123 e. The Labute approximate surface area is 124 Å². The standard InChI is InChI=1S/C14H19N3O2.ClH/c1-2-5-17-10-11(8-16-17)7-15-9-12-3-4-13(18)6-14(12)19;/h3-4,6,8,10,15,18-19H,2,5,7,9H2,1H3;1H. The number of phenols is 2. The summed E-state index contributed by atoms with van der Waals surface area (Å²) in [4.78, 5) is 0. The molecule has 2 rings (SSSR count). The number of nitrogens with one attached hydrogen (secondary N) is 1. The Bertz CT molecular complexity index is 543. The maximum atomic E-state index is 9.65. The summed E-state index contributed by atoms with van der Waals surface area (Å²) in [6, 6.07) is 4.62. The Morgan fingerprint density at radius 3 is 2.75 bits per heavy atom. The summed E-state index contributed by atoms with van der Waals surface area (Å²) in [6.45, 7) is 4.29. The fourth-order valence-electron chi connectivity index (χ4n) is 1.89. The Balaban J connectivity index is 0.00000200. The second kappa shape index (κ2) is 7.77. The van der Waals surface area contributed by atoms with E-state index in [4.69, 9.17) is 0 Å². The second-order valence-electron chi connectivity index (χ2n) is 4.53. The summed E-state index contributed by atoms with van der Waals surface area (Å²) < 4.78 is 1.93. The molecule has 5 nitrogen and oxygen atoms in total. The summed E-state index contributed by atoms with van der Waals surface area (Å²) in [6.07, 6.45) is 4.93. The third-order valence-corrected chi connectivity index (χ3v) is 2.85. The largest absolute Gasteiger partial charge is 0.508 e. The van der Waals surface area contributed by atoms with Crippen LogP contribution in [0.5, 0.6) is 11.5 Å². The Morgan fingerprint density at radius 1 is 1.25 bits per heavy atom. The zero-order valence-electron chi connectivity index (χ0n) is 11.4. The molecule has 0 fully saturated rings. The average molecular weight is 298 g/mol. The fraction of sp³-hybridized carbons (Fsp3) is 0.357. The predicted molar refractivity (Wildman–Crippen MR) is 80.1 cm³/mol. The molecule has 1 aromatic heterocycles. The van der Waals surface area contributed by atoms with E-state index < -0.39 is 0 Å². The number of aromatic nitrogens is 2. The zero-order chi connectivity index (χ0) is 13.7. The number of hydrogen-bond acceptors (Lipinski definition) is 4. The monoisotopic (exact) mass is 297 g/mol. The predicted octanol–water partition coefficient (Wildman–Crippen LogP) is 2.42. The van der Waals surface area contributed by atoms with Crippen molar-refractivity contribution in [3.63, 3.8) is 0 Å². The van der Waals surface area contributed by atoms with Crippen LogP contribution in [0, 0.1) is 0 Å². The molecule has 110 valence electrons. The number of hydrogen-bond donors (Lipinski definition) is 3. The Hall–Kier alpha value is -1.72. The van der Waals surface area contributed by atoms with Crippen LogP contribution in [0.4, 0.5) is 0 Å². The van der Waals surface area contributed by atoms with Crippen molar-refractivity contribution in [2.75, 3.05) is 0 Å². The van der Waals surface area contributed by atoms with Crippen molar-refractivity contribution in [2.45, 2.75) is 33.0 Å². The van der Waals surface area contributed by atoms with Crippen LogP contribution >= 0.6 is 12.4 Å². The van der Waals surface area contributed by atoms with Gasteiger partial charge in [-0.15, -0.1) is 12.4 Å². The van der Waals surface area contributed by atoms with Gasteiger partial charge in [-0.05, 0) is 12.5 Å². The molecule has 0 aliphatic rings. The lowest BCUT2D eigenvalue weighted by atomic mass is 10.2. The fourth-order valence-corrected chi connectivity index (χ4v) is 1.89. The lowest BCUT2D eigenvalue weighted by molar-refractivity contribution is 0.443. The van der Waals surface area contributed by atoms with Crippen LogP contribution in [0.2, 0.25) is 0 Å². The minimum Gasteiger partial charge on any atom is -0.508 e. The Kier molecular flexibility index (Phi) is 6.35. The molecule has 0 saturated carbocycles. The first-order valence-corrected chi connectivity index (χ1v) is 6.42. The van der Waals surface area contributed by atoms with Crippen LogP contribution in [0.3, 0.4) is 0 Å². The molecular weight excluding hydrogens is 278 g/mol. The van der Waals surface area contributed by atoms with E-state index in [2.05, 4.69) is 17.3 Å². The number of halogens is 1. The maximum Gasteiger partial charge on any atom is 0.123 e. The summed E-state index contributed by atoms with van der Waals surface area (Å²) in [5, 5.41) is 26.3. The highest BCUT2D eigenvalue weighted by Crippen LogP contribution is 2.22. The highest BCUT2D eigenvalue weighted by molar-refractivity contribution is 5.85. The van der Waals surface area contributed by atoms with Crippen molar-refractivity contribution in [1.82, 2.24) is 15.1 Å². The first-order chi connectivity index (χ1) is 9.19. The van der Waals surface area contributed by atoms with E-state index in [1.807, 2.05) is 17.1 Å². The Morgan fingerprint density at radius 2 is 2.05 bits per heavy atom. The zero-order valence-corrected chi connectivity index (χ0v) is 12.2. The molecule has 0 bridgehead atoms. The molecule has 6 heteroatoms. The molecule has 0 atom stereocenters. The third kappa shape index (κ3) is 4.43. The highest BCUT2D eigenvalue weighted by atomic mass is 35.5. The summed E-state index contributed by atoms with van der Waals surface area (Å²) in [5.41, 5.74) is 1.88. The van der Waals surface area contributed by atoms with Crippen molar-refractivity contribution in [3.8, 4) is 11.5 Å². The number of phenolic OH excluding ortho intramolecular Hbond substituents is 2. The molecule has 0 aliphatic heterocycles. The quantitative estimate of drug-likeness (QED) is 0.766. The van der Waals surface area contributed by atoms with Crippen molar-refractivity contribution < 1.29 is 10.2 Å². The van der Waals surface area contributed by atoms with E-state index in [1.54, 1.807) is 12.1 Å². The topological polar surface area (TPSA) is 70.3 Å². The van der Waals surface area contributed by atoms with E-state index >= 15 is 0 Å². The summed E-state index contributed by atoms with van der Waals surface area (Å²) in [5.74, 6) is 0.177. The SMILES string of the molecule is CCCn1cc(CNCc2ccc(O)cc2O)cn1.Cl. The lowest BCUT2D eigenvalue weighted by Crippen LogP contribution is -2.12. The second-order valence-corrected chi connectivity index (χ2v) is 4.53. The van der Waals surface area contributed by atoms with Gasteiger partial charge in [0.05, 0.1) is 6.20 Å². The van der Waals surface area contributed by atoms with Crippen molar-refractivity contribution in [3.05, 3.63) is 41.7 Å². The number of nitrogens with zero attached hydrogens (tertiary/aromatic N) is 2. The van der Waals surface area contributed by atoms with Gasteiger partial charge in [0.25, 0.3) is 0 Å². The first-order valence-electron chi connectivity index (χ1n) is 6.42. The van der Waals surface area contributed by atoms with Crippen LogP contribution < -0.4 is 5.32 Å². The number of benzene rings is 1. The highest BCUT2D eigenvalue weighted by Gasteiger charge is 2.03. The van der Waals surface area contributed by atoms with E-state index in [0.29, 0.717) is 13.1 Å². The van der Waals surface area contributed by atoms with Gasteiger partial charge in [-0.25, -0.2) is 0 Å². The van der Waals surface area contributed by atoms with Crippen LogP contribution in [-0.2, 0) is 19.6 Å². The summed E-state index contributed by atoms with van der Waals surface area (Å²) in [7, 11) is 0. The van der Waals surface area contributed by atoms with Gasteiger partial charge < -0.3 is 15.5 Å². The van der Waals surface area contributed by atoms with Gasteiger partial charge in [0, 0.05) is 43.0 Å². The lowest BCUT2D eigenvalue weighted by Gasteiger charge is -2.06. The molecule has 1 aromatic carbocycles. The molecule has 20 heavy (non-hydrogen) atoms. The molecule has 0 spiro atoms.